The summed E-state index contributed by atoms with van der Waals surface area (Å²) in [6.07, 6.45) is 12.6. The molecule has 1 atom stereocenters. The fourth-order valence-corrected chi connectivity index (χ4v) is 2.29. The fourth-order valence-electron chi connectivity index (χ4n) is 2.29. The van der Waals surface area contributed by atoms with Gasteiger partial charge < -0.3 is 0 Å². The Morgan fingerprint density at radius 2 is 2.29 bits per heavy atom. The molecule has 1 unspecified atom stereocenters. The SMILES string of the molecule is CCC=C1CC=C(C)CC(C)CCC1. The second-order valence-electron chi connectivity index (χ2n) is 4.73. The first-order chi connectivity index (χ1) is 6.72. The van der Waals surface area contributed by atoms with Gasteiger partial charge in [0, 0.05) is 0 Å². The Kier molecular flexibility index (Phi) is 5.00. The van der Waals surface area contributed by atoms with Crippen molar-refractivity contribution in [3.05, 3.63) is 23.3 Å². The largest absolute Gasteiger partial charge is 0.0853 e. The van der Waals surface area contributed by atoms with Crippen molar-refractivity contribution in [3.8, 4) is 0 Å². The lowest BCUT2D eigenvalue weighted by molar-refractivity contribution is 0.508. The molecule has 0 aromatic carbocycles. The summed E-state index contributed by atoms with van der Waals surface area (Å²) in [6, 6.07) is 0. The van der Waals surface area contributed by atoms with E-state index in [1.807, 2.05) is 0 Å². The number of hydrogen-bond donors (Lipinski definition) is 0. The lowest BCUT2D eigenvalue weighted by atomic mass is 9.97. The Morgan fingerprint density at radius 1 is 1.50 bits per heavy atom. The molecule has 1 rings (SSSR count). The molecule has 0 radical (unpaired) electrons. The predicted molar refractivity (Wildman–Crippen MR) is 64.4 cm³/mol. The van der Waals surface area contributed by atoms with E-state index in [0.29, 0.717) is 0 Å². The Labute approximate surface area is 89.1 Å². The Bertz CT molecular complexity index is 220. The maximum Gasteiger partial charge on any atom is -0.0136 e. The average molecular weight is 192 g/mol. The minimum Gasteiger partial charge on any atom is -0.0853 e. The van der Waals surface area contributed by atoms with E-state index in [0.717, 1.165) is 5.92 Å². The molecule has 0 aromatic rings. The first-order valence-electron chi connectivity index (χ1n) is 6.06. The maximum atomic E-state index is 2.43. The van der Waals surface area contributed by atoms with Gasteiger partial charge in [-0.15, -0.1) is 0 Å². The molecule has 1 aliphatic rings. The van der Waals surface area contributed by atoms with Crippen molar-refractivity contribution in [3.63, 3.8) is 0 Å². The highest BCUT2D eigenvalue weighted by atomic mass is 14.1. The van der Waals surface area contributed by atoms with Crippen molar-refractivity contribution in [2.24, 2.45) is 5.92 Å². The summed E-state index contributed by atoms with van der Waals surface area (Å²) in [5, 5.41) is 0. The minimum absolute atomic E-state index is 0.882. The number of hydrogen-bond acceptors (Lipinski definition) is 0. The summed E-state index contributed by atoms with van der Waals surface area (Å²) >= 11 is 0. The molecule has 0 bridgehead atoms. The third-order valence-electron chi connectivity index (χ3n) is 3.07. The summed E-state index contributed by atoms with van der Waals surface area (Å²) in [5.41, 5.74) is 3.24. The van der Waals surface area contributed by atoms with Crippen LogP contribution in [0.25, 0.3) is 0 Å². The Morgan fingerprint density at radius 3 is 3.00 bits per heavy atom. The van der Waals surface area contributed by atoms with E-state index < -0.39 is 0 Å². The van der Waals surface area contributed by atoms with Crippen LogP contribution in [0.2, 0.25) is 0 Å². The van der Waals surface area contributed by atoms with Gasteiger partial charge in [-0.05, 0) is 44.9 Å². The molecule has 0 spiro atoms. The number of rotatable bonds is 1. The highest BCUT2D eigenvalue weighted by molar-refractivity contribution is 5.12. The van der Waals surface area contributed by atoms with Gasteiger partial charge in [0.05, 0.1) is 0 Å². The molecule has 0 nitrogen and oxygen atoms in total. The van der Waals surface area contributed by atoms with E-state index in [1.54, 1.807) is 11.1 Å². The second kappa shape index (κ2) is 6.06. The van der Waals surface area contributed by atoms with E-state index in [-0.39, 0.29) is 0 Å². The van der Waals surface area contributed by atoms with Gasteiger partial charge in [-0.1, -0.05) is 43.6 Å². The third-order valence-corrected chi connectivity index (χ3v) is 3.07. The zero-order valence-corrected chi connectivity index (χ0v) is 9.97. The van der Waals surface area contributed by atoms with Crippen LogP contribution in [0.3, 0.4) is 0 Å². The molecule has 0 amide bonds. The molecule has 1 aliphatic carbocycles. The molecule has 0 saturated heterocycles. The molecule has 0 N–H and O–H groups in total. The normalized spacial score (nSPS) is 27.8. The van der Waals surface area contributed by atoms with Crippen molar-refractivity contribution in [2.45, 2.75) is 59.3 Å². The topological polar surface area (TPSA) is 0 Å². The van der Waals surface area contributed by atoms with Gasteiger partial charge in [-0.2, -0.15) is 0 Å². The van der Waals surface area contributed by atoms with Gasteiger partial charge in [-0.3, -0.25) is 0 Å². The zero-order valence-electron chi connectivity index (χ0n) is 9.97. The molecule has 0 saturated carbocycles. The van der Waals surface area contributed by atoms with Crippen LogP contribution in [-0.2, 0) is 0 Å². The molecule has 0 heteroatoms. The smallest absolute Gasteiger partial charge is 0.0136 e. The quantitative estimate of drug-likeness (QED) is 0.520. The van der Waals surface area contributed by atoms with Crippen LogP contribution >= 0.6 is 0 Å². The summed E-state index contributed by atoms with van der Waals surface area (Å²) in [5.74, 6) is 0.882. The van der Waals surface area contributed by atoms with Gasteiger partial charge in [0.1, 0.15) is 0 Å². The fraction of sp³-hybridized carbons (Fsp3) is 0.714. The first kappa shape index (κ1) is 11.6. The highest BCUT2D eigenvalue weighted by Gasteiger charge is 2.07. The van der Waals surface area contributed by atoms with E-state index in [4.69, 9.17) is 0 Å². The third kappa shape index (κ3) is 4.13. The molecule has 0 fully saturated rings. The van der Waals surface area contributed by atoms with Gasteiger partial charge in [-0.25, -0.2) is 0 Å². The van der Waals surface area contributed by atoms with Crippen LogP contribution in [0.1, 0.15) is 59.3 Å². The van der Waals surface area contributed by atoms with Crippen LogP contribution in [0.4, 0.5) is 0 Å². The van der Waals surface area contributed by atoms with Crippen LogP contribution in [0.15, 0.2) is 23.3 Å². The standard InChI is InChI=1S/C14H24/c1-4-6-14-8-5-7-12(2)11-13(3)9-10-14/h6,9,12H,4-5,7-8,10-11H2,1-3H3. The predicted octanol–water partition coefficient (Wildman–Crippen LogP) is 4.87. The number of allylic oxidation sites excluding steroid dienone is 4. The van der Waals surface area contributed by atoms with Gasteiger partial charge >= 0.3 is 0 Å². The molecular weight excluding hydrogens is 168 g/mol. The summed E-state index contributed by atoms with van der Waals surface area (Å²) in [4.78, 5) is 0. The van der Waals surface area contributed by atoms with Crippen molar-refractivity contribution in [1.82, 2.24) is 0 Å². The minimum atomic E-state index is 0.882. The second-order valence-corrected chi connectivity index (χ2v) is 4.73. The molecule has 0 aliphatic heterocycles. The van der Waals surface area contributed by atoms with E-state index in [9.17, 15) is 0 Å². The summed E-state index contributed by atoms with van der Waals surface area (Å²) in [7, 11) is 0. The van der Waals surface area contributed by atoms with Gasteiger partial charge in [0.25, 0.3) is 0 Å². The molecular formula is C14H24. The molecule has 0 heterocycles. The first-order valence-corrected chi connectivity index (χ1v) is 6.06. The van der Waals surface area contributed by atoms with E-state index in [2.05, 4.69) is 32.9 Å². The van der Waals surface area contributed by atoms with Crippen LogP contribution in [0.5, 0.6) is 0 Å². The van der Waals surface area contributed by atoms with E-state index >= 15 is 0 Å². The summed E-state index contributed by atoms with van der Waals surface area (Å²) in [6.45, 7) is 6.90. The highest BCUT2D eigenvalue weighted by Crippen LogP contribution is 2.24. The molecule has 14 heavy (non-hydrogen) atoms. The maximum absolute atomic E-state index is 2.43. The van der Waals surface area contributed by atoms with Crippen molar-refractivity contribution < 1.29 is 0 Å². The Balaban J connectivity index is 2.61. The van der Waals surface area contributed by atoms with Crippen LogP contribution < -0.4 is 0 Å². The van der Waals surface area contributed by atoms with Crippen molar-refractivity contribution >= 4 is 0 Å². The monoisotopic (exact) mass is 192 g/mol. The lowest BCUT2D eigenvalue weighted by Gasteiger charge is -2.09. The van der Waals surface area contributed by atoms with Crippen LogP contribution in [0, 0.1) is 5.92 Å². The van der Waals surface area contributed by atoms with Gasteiger partial charge in [0.15, 0.2) is 0 Å². The molecule has 0 aromatic heterocycles. The van der Waals surface area contributed by atoms with Crippen molar-refractivity contribution in [1.29, 1.82) is 0 Å². The van der Waals surface area contributed by atoms with Gasteiger partial charge in [0.2, 0.25) is 0 Å². The molecule has 80 valence electrons. The lowest BCUT2D eigenvalue weighted by Crippen LogP contribution is -1.94. The Hall–Kier alpha value is -0.520. The average Bonchev–Trinajstić information content (AvgIpc) is 2.19. The van der Waals surface area contributed by atoms with E-state index in [1.165, 1.54) is 38.5 Å². The summed E-state index contributed by atoms with van der Waals surface area (Å²) < 4.78 is 0. The zero-order chi connectivity index (χ0) is 10.4. The van der Waals surface area contributed by atoms with Crippen LogP contribution in [-0.4, -0.2) is 0 Å². The van der Waals surface area contributed by atoms with Crippen molar-refractivity contribution in [2.75, 3.05) is 0 Å².